The Hall–Kier alpha value is -3.42. The fourth-order valence-electron chi connectivity index (χ4n) is 3.67. The average Bonchev–Trinajstić information content (AvgIpc) is 3.03. The molecule has 3 aromatic rings. The zero-order valence-corrected chi connectivity index (χ0v) is 16.7. The number of anilines is 1. The zero-order valence-electron chi connectivity index (χ0n) is 16.7. The fraction of sp³-hybridized carbons (Fsp3) is 0.333. The summed E-state index contributed by atoms with van der Waals surface area (Å²) in [6, 6.07) is 9.95. The highest BCUT2D eigenvalue weighted by atomic mass is 16.5. The van der Waals surface area contributed by atoms with E-state index in [1.807, 2.05) is 48.9 Å². The predicted octanol–water partition coefficient (Wildman–Crippen LogP) is 3.33. The van der Waals surface area contributed by atoms with Crippen LogP contribution in [-0.2, 0) is 16.1 Å². The molecule has 1 aromatic carbocycles. The number of nitrogens with zero attached hydrogens (tertiary/aromatic N) is 3. The van der Waals surface area contributed by atoms with Crippen LogP contribution in [0.3, 0.4) is 0 Å². The largest absolute Gasteiger partial charge is 0.494 e. The second-order valence-electron chi connectivity index (χ2n) is 6.60. The van der Waals surface area contributed by atoms with Crippen molar-refractivity contribution in [2.75, 3.05) is 11.9 Å². The van der Waals surface area contributed by atoms with Gasteiger partial charge in [-0.25, -0.2) is 0 Å². The number of ether oxygens (including phenoxy) is 1. The highest BCUT2D eigenvalue weighted by molar-refractivity contribution is 5.94. The Kier molecular flexibility index (Phi) is 6.11. The molecule has 0 saturated carbocycles. The minimum atomic E-state index is -0.250. The molecule has 2 N–H and O–H groups in total. The maximum Gasteiger partial charge on any atom is 0.290 e. The van der Waals surface area contributed by atoms with Gasteiger partial charge in [0.25, 0.3) is 6.47 Å². The highest BCUT2D eigenvalue weighted by Crippen LogP contribution is 2.38. The molecule has 8 heteroatoms. The van der Waals surface area contributed by atoms with Crippen LogP contribution in [0.15, 0.2) is 30.3 Å². The quantitative estimate of drug-likeness (QED) is 0.655. The van der Waals surface area contributed by atoms with Crippen molar-refractivity contribution in [2.45, 2.75) is 39.7 Å². The molecule has 4 rings (SSSR count). The number of hydrogen-bond donors (Lipinski definition) is 2. The summed E-state index contributed by atoms with van der Waals surface area (Å²) in [6.45, 7) is 7.22. The molecule has 0 radical (unpaired) electrons. The summed E-state index contributed by atoms with van der Waals surface area (Å²) in [5, 5.41) is 15.3. The van der Waals surface area contributed by atoms with Gasteiger partial charge in [0.1, 0.15) is 5.75 Å². The number of benzene rings is 1. The van der Waals surface area contributed by atoms with Crippen LogP contribution in [0.4, 0.5) is 5.82 Å². The molecule has 0 saturated heterocycles. The number of pyridine rings is 1. The summed E-state index contributed by atoms with van der Waals surface area (Å²) in [5.74, 6) is 1.42. The van der Waals surface area contributed by atoms with Crippen LogP contribution in [0.25, 0.3) is 10.9 Å². The van der Waals surface area contributed by atoms with Crippen molar-refractivity contribution in [3.8, 4) is 5.75 Å². The lowest BCUT2D eigenvalue weighted by atomic mass is 9.88. The molecule has 1 unspecified atom stereocenters. The maximum atomic E-state index is 12.2. The third kappa shape index (κ3) is 4.06. The molecular formula is C21H24N4O4. The lowest BCUT2D eigenvalue weighted by molar-refractivity contribution is -0.123. The fourth-order valence-corrected chi connectivity index (χ4v) is 3.67. The van der Waals surface area contributed by atoms with Crippen molar-refractivity contribution in [1.29, 1.82) is 0 Å². The van der Waals surface area contributed by atoms with Crippen LogP contribution in [0.1, 0.15) is 43.1 Å². The summed E-state index contributed by atoms with van der Waals surface area (Å²) in [6.07, 6.45) is 0.388. The Bertz CT molecular complexity index is 1040. The number of nitrogens with one attached hydrogen (secondary N) is 1. The minimum absolute atomic E-state index is 0.0168. The number of carbonyl (C=O) groups is 2. The Morgan fingerprint density at radius 1 is 1.31 bits per heavy atom. The molecule has 1 amide bonds. The van der Waals surface area contributed by atoms with Crippen molar-refractivity contribution in [1.82, 2.24) is 14.8 Å². The van der Waals surface area contributed by atoms with Crippen molar-refractivity contribution in [2.24, 2.45) is 0 Å². The summed E-state index contributed by atoms with van der Waals surface area (Å²) in [5.41, 5.74) is 3.96. The molecule has 3 heterocycles. The number of hydrogen-bond acceptors (Lipinski definition) is 5. The molecule has 1 aliphatic rings. The third-order valence-corrected chi connectivity index (χ3v) is 4.90. The number of rotatable bonds is 4. The molecule has 152 valence electrons. The summed E-state index contributed by atoms with van der Waals surface area (Å²) >= 11 is 0. The van der Waals surface area contributed by atoms with E-state index in [0.29, 0.717) is 18.8 Å². The number of aromatic nitrogens is 3. The standard InChI is InChI=1S/C20H22N4O2.CH2O2/c1-4-24-12(3)19-15(11-18(25)22-20(19)23-24)17-8-6-13-10-14(26-5-2)7-9-16(13)21-17;2-1-3/h6-10,15H,4-5,11H2,1-3H3,(H,22,23,25);1H,(H,2,3). The van der Waals surface area contributed by atoms with Gasteiger partial charge in [0, 0.05) is 41.2 Å². The van der Waals surface area contributed by atoms with Crippen molar-refractivity contribution in [3.63, 3.8) is 0 Å². The van der Waals surface area contributed by atoms with E-state index in [4.69, 9.17) is 19.6 Å². The number of carbonyl (C=O) groups excluding carboxylic acids is 1. The molecule has 1 atom stereocenters. The van der Waals surface area contributed by atoms with Crippen LogP contribution >= 0.6 is 0 Å². The number of aryl methyl sites for hydroxylation is 1. The summed E-state index contributed by atoms with van der Waals surface area (Å²) < 4.78 is 7.49. The second-order valence-corrected chi connectivity index (χ2v) is 6.60. The summed E-state index contributed by atoms with van der Waals surface area (Å²) in [7, 11) is 0. The van der Waals surface area contributed by atoms with E-state index in [2.05, 4.69) is 17.3 Å². The molecule has 0 spiro atoms. The predicted molar refractivity (Wildman–Crippen MR) is 109 cm³/mol. The van der Waals surface area contributed by atoms with Crippen LogP contribution in [0, 0.1) is 6.92 Å². The lowest BCUT2D eigenvalue weighted by Gasteiger charge is -2.22. The second kappa shape index (κ2) is 8.72. The monoisotopic (exact) mass is 396 g/mol. The van der Waals surface area contributed by atoms with Gasteiger partial charge in [0.2, 0.25) is 5.91 Å². The van der Waals surface area contributed by atoms with Gasteiger partial charge in [-0.05, 0) is 45.0 Å². The number of carboxylic acid groups (broad SMARTS) is 1. The normalized spacial score (nSPS) is 15.1. The molecule has 8 nitrogen and oxygen atoms in total. The Balaban J connectivity index is 0.000000755. The molecule has 0 fully saturated rings. The van der Waals surface area contributed by atoms with Gasteiger partial charge >= 0.3 is 0 Å². The number of amides is 1. The first kappa shape index (κ1) is 20.3. The van der Waals surface area contributed by atoms with Gasteiger partial charge in [0.15, 0.2) is 5.82 Å². The van der Waals surface area contributed by atoms with Gasteiger partial charge < -0.3 is 15.2 Å². The van der Waals surface area contributed by atoms with Crippen LogP contribution in [0.2, 0.25) is 0 Å². The first-order chi connectivity index (χ1) is 14.0. The van der Waals surface area contributed by atoms with Crippen LogP contribution in [-0.4, -0.2) is 38.9 Å². The van der Waals surface area contributed by atoms with E-state index in [9.17, 15) is 4.79 Å². The first-order valence-corrected chi connectivity index (χ1v) is 9.50. The van der Waals surface area contributed by atoms with Crippen LogP contribution < -0.4 is 10.1 Å². The van der Waals surface area contributed by atoms with Gasteiger partial charge in [0.05, 0.1) is 12.1 Å². The minimum Gasteiger partial charge on any atom is -0.494 e. The van der Waals surface area contributed by atoms with E-state index in [-0.39, 0.29) is 18.3 Å². The SMILES string of the molecule is CCOc1ccc2nc(C3CC(=O)Nc4nn(CC)c(C)c43)ccc2c1.O=CO. The van der Waals surface area contributed by atoms with Crippen molar-refractivity contribution < 1.29 is 19.4 Å². The van der Waals surface area contributed by atoms with E-state index in [1.165, 1.54) is 0 Å². The van der Waals surface area contributed by atoms with E-state index < -0.39 is 0 Å². The smallest absolute Gasteiger partial charge is 0.290 e. The molecule has 0 aliphatic carbocycles. The molecule has 2 aromatic heterocycles. The van der Waals surface area contributed by atoms with Gasteiger partial charge in [-0.2, -0.15) is 5.10 Å². The Morgan fingerprint density at radius 3 is 2.76 bits per heavy atom. The maximum absolute atomic E-state index is 12.2. The van der Waals surface area contributed by atoms with Crippen molar-refractivity contribution >= 4 is 29.1 Å². The third-order valence-electron chi connectivity index (χ3n) is 4.90. The summed E-state index contributed by atoms with van der Waals surface area (Å²) in [4.78, 5) is 25.4. The Labute approximate surface area is 168 Å². The average molecular weight is 396 g/mol. The van der Waals surface area contributed by atoms with Gasteiger partial charge in [-0.3, -0.25) is 19.3 Å². The number of fused-ring (bicyclic) bond motifs is 2. The zero-order chi connectivity index (χ0) is 21.0. The Morgan fingerprint density at radius 2 is 2.07 bits per heavy atom. The lowest BCUT2D eigenvalue weighted by Crippen LogP contribution is -2.24. The first-order valence-electron chi connectivity index (χ1n) is 9.50. The molecular weight excluding hydrogens is 372 g/mol. The molecule has 29 heavy (non-hydrogen) atoms. The topological polar surface area (TPSA) is 106 Å². The van der Waals surface area contributed by atoms with Crippen LogP contribution in [0.5, 0.6) is 5.75 Å². The van der Waals surface area contributed by atoms with Gasteiger partial charge in [-0.15, -0.1) is 0 Å². The van der Waals surface area contributed by atoms with E-state index in [1.54, 1.807) is 0 Å². The van der Waals surface area contributed by atoms with Gasteiger partial charge in [-0.1, -0.05) is 6.07 Å². The highest BCUT2D eigenvalue weighted by Gasteiger charge is 2.32. The van der Waals surface area contributed by atoms with Crippen molar-refractivity contribution in [3.05, 3.63) is 47.3 Å². The van der Waals surface area contributed by atoms with E-state index in [0.717, 1.165) is 40.1 Å². The molecule has 0 bridgehead atoms. The molecule has 1 aliphatic heterocycles. The van der Waals surface area contributed by atoms with E-state index >= 15 is 0 Å².